The topological polar surface area (TPSA) is 49.9 Å². The maximum absolute atomic E-state index is 13.1. The van der Waals surface area contributed by atoms with Crippen molar-refractivity contribution in [1.29, 1.82) is 0 Å². The number of carbonyl (C=O) groups excluding carboxylic acids is 2. The van der Waals surface area contributed by atoms with E-state index in [0.717, 1.165) is 24.8 Å². The Balaban J connectivity index is 1.65. The van der Waals surface area contributed by atoms with Crippen molar-refractivity contribution in [2.24, 2.45) is 0 Å². The van der Waals surface area contributed by atoms with E-state index in [1.54, 1.807) is 12.1 Å². The van der Waals surface area contributed by atoms with E-state index in [0.29, 0.717) is 26.2 Å². The number of hydrogen-bond acceptors (Lipinski definition) is 3. The zero-order valence-electron chi connectivity index (χ0n) is 13.0. The van der Waals surface area contributed by atoms with Gasteiger partial charge in [-0.05, 0) is 30.5 Å². The number of amides is 2. The van der Waals surface area contributed by atoms with E-state index in [-0.39, 0.29) is 24.2 Å². The molecule has 1 aromatic carbocycles. The maximum atomic E-state index is 13.1. The highest BCUT2D eigenvalue weighted by atomic mass is 19.1. The number of benzene rings is 1. The van der Waals surface area contributed by atoms with Crippen LogP contribution in [0.5, 0.6) is 0 Å². The Labute approximate surface area is 135 Å². The Kier molecular flexibility index (Phi) is 4.79. The molecule has 2 heterocycles. The van der Waals surface area contributed by atoms with Crippen LogP contribution in [-0.2, 0) is 9.53 Å². The second-order valence-electron chi connectivity index (χ2n) is 6.12. The van der Waals surface area contributed by atoms with E-state index < -0.39 is 6.09 Å². The fourth-order valence-corrected chi connectivity index (χ4v) is 3.21. The van der Waals surface area contributed by atoms with Crippen molar-refractivity contribution in [3.8, 4) is 0 Å². The van der Waals surface area contributed by atoms with Gasteiger partial charge in [0.25, 0.3) is 0 Å². The molecule has 23 heavy (non-hydrogen) atoms. The van der Waals surface area contributed by atoms with Crippen LogP contribution in [0.15, 0.2) is 24.3 Å². The van der Waals surface area contributed by atoms with Gasteiger partial charge in [-0.1, -0.05) is 18.6 Å². The van der Waals surface area contributed by atoms with Crippen molar-refractivity contribution in [2.45, 2.75) is 25.2 Å². The predicted octanol–water partition coefficient (Wildman–Crippen LogP) is 2.37. The molecule has 0 aliphatic carbocycles. The number of hydrogen-bond donors (Lipinski definition) is 0. The molecule has 2 aliphatic rings. The van der Waals surface area contributed by atoms with Crippen LogP contribution in [0.25, 0.3) is 0 Å². The number of nitrogens with zero attached hydrogens (tertiary/aromatic N) is 2. The van der Waals surface area contributed by atoms with E-state index >= 15 is 0 Å². The molecule has 6 heteroatoms. The third-order valence-electron chi connectivity index (χ3n) is 4.54. The first kappa shape index (κ1) is 15.8. The average Bonchev–Trinajstić information content (AvgIpc) is 2.80. The molecule has 0 spiro atoms. The average molecular weight is 320 g/mol. The van der Waals surface area contributed by atoms with Gasteiger partial charge < -0.3 is 9.64 Å². The van der Waals surface area contributed by atoms with Gasteiger partial charge in [0.1, 0.15) is 19.0 Å². The number of carbonyl (C=O) groups is 2. The molecular formula is C17H21FN2O3. The highest BCUT2D eigenvalue weighted by Crippen LogP contribution is 2.27. The summed E-state index contributed by atoms with van der Waals surface area (Å²) < 4.78 is 17.9. The number of cyclic esters (lactones) is 1. The van der Waals surface area contributed by atoms with Crippen molar-refractivity contribution in [2.75, 3.05) is 32.8 Å². The largest absolute Gasteiger partial charge is 0.448 e. The van der Waals surface area contributed by atoms with Gasteiger partial charge >= 0.3 is 6.09 Å². The van der Waals surface area contributed by atoms with Crippen LogP contribution in [0.3, 0.4) is 0 Å². The molecule has 2 saturated heterocycles. The number of halogens is 1. The summed E-state index contributed by atoms with van der Waals surface area (Å²) in [6.07, 6.45) is 2.57. The van der Waals surface area contributed by atoms with Gasteiger partial charge in [-0.25, -0.2) is 9.18 Å². The first-order valence-corrected chi connectivity index (χ1v) is 8.08. The van der Waals surface area contributed by atoms with Gasteiger partial charge in [-0.15, -0.1) is 0 Å². The second-order valence-corrected chi connectivity index (χ2v) is 6.12. The maximum Gasteiger partial charge on any atom is 0.410 e. The lowest BCUT2D eigenvalue weighted by Crippen LogP contribution is -2.42. The zero-order chi connectivity index (χ0) is 16.2. The number of rotatable bonds is 3. The van der Waals surface area contributed by atoms with Crippen LogP contribution in [-0.4, -0.2) is 54.6 Å². The van der Waals surface area contributed by atoms with Gasteiger partial charge in [-0.3, -0.25) is 9.69 Å². The lowest BCUT2D eigenvalue weighted by molar-refractivity contribution is -0.131. The molecule has 0 saturated carbocycles. The minimum absolute atomic E-state index is 0.0436. The molecule has 1 atom stereocenters. The van der Waals surface area contributed by atoms with Gasteiger partial charge in [-0.2, -0.15) is 0 Å². The molecule has 2 fully saturated rings. The number of likely N-dealkylation sites (tertiary alicyclic amines) is 1. The Morgan fingerprint density at radius 3 is 2.70 bits per heavy atom. The normalized spacial score (nSPS) is 22.0. The minimum Gasteiger partial charge on any atom is -0.448 e. The molecule has 0 aromatic heterocycles. The Hall–Kier alpha value is -2.11. The molecule has 1 aromatic rings. The second kappa shape index (κ2) is 6.98. The van der Waals surface area contributed by atoms with Gasteiger partial charge in [0, 0.05) is 19.0 Å². The SMILES string of the molecule is O=C(CN1CCOC1=O)N1CCCCC(c2ccc(F)cc2)C1. The quantitative estimate of drug-likeness (QED) is 0.859. The molecule has 0 bridgehead atoms. The monoisotopic (exact) mass is 320 g/mol. The van der Waals surface area contributed by atoms with Gasteiger partial charge in [0.2, 0.25) is 5.91 Å². The first-order valence-electron chi connectivity index (χ1n) is 8.08. The summed E-state index contributed by atoms with van der Waals surface area (Å²) >= 11 is 0. The third kappa shape index (κ3) is 3.81. The highest BCUT2D eigenvalue weighted by molar-refractivity contribution is 5.83. The van der Waals surface area contributed by atoms with Crippen molar-refractivity contribution < 1.29 is 18.7 Å². The molecule has 124 valence electrons. The Morgan fingerprint density at radius 2 is 2.00 bits per heavy atom. The molecule has 2 amide bonds. The molecule has 0 N–H and O–H groups in total. The third-order valence-corrected chi connectivity index (χ3v) is 4.54. The minimum atomic E-state index is -0.414. The van der Waals surface area contributed by atoms with Crippen LogP contribution >= 0.6 is 0 Å². The van der Waals surface area contributed by atoms with Crippen molar-refractivity contribution in [3.63, 3.8) is 0 Å². The van der Waals surface area contributed by atoms with Gasteiger partial charge in [0.15, 0.2) is 0 Å². The van der Waals surface area contributed by atoms with E-state index in [1.807, 2.05) is 4.90 Å². The fraction of sp³-hybridized carbons (Fsp3) is 0.529. The van der Waals surface area contributed by atoms with Crippen LogP contribution in [0, 0.1) is 5.82 Å². The van der Waals surface area contributed by atoms with Crippen LogP contribution in [0.4, 0.5) is 9.18 Å². The number of ether oxygens (including phenoxy) is 1. The molecule has 5 nitrogen and oxygen atoms in total. The molecular weight excluding hydrogens is 299 g/mol. The van der Waals surface area contributed by atoms with Crippen LogP contribution in [0.1, 0.15) is 30.7 Å². The summed E-state index contributed by atoms with van der Waals surface area (Å²) in [5, 5.41) is 0. The van der Waals surface area contributed by atoms with Crippen molar-refractivity contribution in [1.82, 2.24) is 9.80 Å². The molecule has 2 aliphatic heterocycles. The molecule has 3 rings (SSSR count). The lowest BCUT2D eigenvalue weighted by atomic mass is 9.94. The summed E-state index contributed by atoms with van der Waals surface area (Å²) in [6, 6.07) is 6.52. The molecule has 1 unspecified atom stereocenters. The molecule has 0 radical (unpaired) electrons. The van der Waals surface area contributed by atoms with E-state index in [2.05, 4.69) is 0 Å². The van der Waals surface area contributed by atoms with E-state index in [9.17, 15) is 14.0 Å². The first-order chi connectivity index (χ1) is 11.1. The van der Waals surface area contributed by atoms with Crippen LogP contribution in [0.2, 0.25) is 0 Å². The lowest BCUT2D eigenvalue weighted by Gasteiger charge is -2.26. The summed E-state index contributed by atoms with van der Waals surface area (Å²) in [7, 11) is 0. The fourth-order valence-electron chi connectivity index (χ4n) is 3.21. The van der Waals surface area contributed by atoms with E-state index in [1.165, 1.54) is 17.0 Å². The smallest absolute Gasteiger partial charge is 0.410 e. The standard InChI is InChI=1S/C17H21FN2O3/c18-15-6-4-13(5-7-15)14-3-1-2-8-19(11-14)16(21)12-20-9-10-23-17(20)22/h4-7,14H,1-3,8-12H2. The highest BCUT2D eigenvalue weighted by Gasteiger charge is 2.28. The van der Waals surface area contributed by atoms with Crippen LogP contribution < -0.4 is 0 Å². The van der Waals surface area contributed by atoms with Gasteiger partial charge in [0.05, 0.1) is 6.54 Å². The van der Waals surface area contributed by atoms with Crippen molar-refractivity contribution >= 4 is 12.0 Å². The summed E-state index contributed by atoms with van der Waals surface area (Å²) in [4.78, 5) is 27.2. The van der Waals surface area contributed by atoms with E-state index in [4.69, 9.17) is 4.74 Å². The summed E-state index contributed by atoms with van der Waals surface area (Å²) in [5.41, 5.74) is 1.06. The Morgan fingerprint density at radius 1 is 1.22 bits per heavy atom. The Bertz CT molecular complexity index is 576. The van der Waals surface area contributed by atoms with Crippen molar-refractivity contribution in [3.05, 3.63) is 35.6 Å². The summed E-state index contributed by atoms with van der Waals surface area (Å²) in [5.74, 6) is -0.0757. The predicted molar refractivity (Wildman–Crippen MR) is 82.5 cm³/mol. The zero-order valence-corrected chi connectivity index (χ0v) is 13.0. The summed E-state index contributed by atoms with van der Waals surface area (Å²) in [6.45, 7) is 2.23.